The van der Waals surface area contributed by atoms with Gasteiger partial charge in [-0.1, -0.05) is 43.3 Å². The van der Waals surface area contributed by atoms with E-state index in [0.29, 0.717) is 6.61 Å². The van der Waals surface area contributed by atoms with Crippen LogP contribution < -0.4 is 10.1 Å². The average Bonchev–Trinajstić information content (AvgIpc) is 2.75. The SMILES string of the molecule is CCc1ccc2c(c1)C(NCCCN(C)C)c1ccccc1CO2. The maximum Gasteiger partial charge on any atom is 0.124 e. The van der Waals surface area contributed by atoms with Gasteiger partial charge in [-0.2, -0.15) is 0 Å². The molecule has 1 unspecified atom stereocenters. The van der Waals surface area contributed by atoms with Gasteiger partial charge in [-0.15, -0.1) is 0 Å². The molecule has 0 aliphatic carbocycles. The van der Waals surface area contributed by atoms with Crippen LogP contribution in [-0.4, -0.2) is 32.1 Å². The molecule has 1 aliphatic rings. The second-order valence-electron chi connectivity index (χ2n) is 6.76. The van der Waals surface area contributed by atoms with Gasteiger partial charge in [0.2, 0.25) is 0 Å². The quantitative estimate of drug-likeness (QED) is 0.819. The van der Waals surface area contributed by atoms with Gasteiger partial charge in [-0.05, 0) is 62.8 Å². The Labute approximate surface area is 145 Å². The van der Waals surface area contributed by atoms with Crippen molar-refractivity contribution >= 4 is 0 Å². The minimum absolute atomic E-state index is 0.201. The third-order valence-electron chi connectivity index (χ3n) is 4.67. The molecule has 1 heterocycles. The van der Waals surface area contributed by atoms with Crippen molar-refractivity contribution in [3.8, 4) is 5.75 Å². The van der Waals surface area contributed by atoms with Crippen LogP contribution in [0.3, 0.4) is 0 Å². The fourth-order valence-corrected chi connectivity index (χ4v) is 3.31. The van der Waals surface area contributed by atoms with Gasteiger partial charge < -0.3 is 15.0 Å². The molecule has 0 aromatic heterocycles. The predicted molar refractivity (Wildman–Crippen MR) is 99.6 cm³/mol. The Morgan fingerprint density at radius 1 is 1.12 bits per heavy atom. The Kier molecular flexibility index (Phi) is 5.54. The fourth-order valence-electron chi connectivity index (χ4n) is 3.31. The number of hydrogen-bond donors (Lipinski definition) is 1. The largest absolute Gasteiger partial charge is 0.489 e. The van der Waals surface area contributed by atoms with Crippen molar-refractivity contribution in [3.05, 3.63) is 64.7 Å². The predicted octanol–water partition coefficient (Wildman–Crippen LogP) is 3.77. The molecule has 0 saturated carbocycles. The van der Waals surface area contributed by atoms with Crippen LogP contribution in [-0.2, 0) is 13.0 Å². The van der Waals surface area contributed by atoms with E-state index >= 15 is 0 Å². The van der Waals surface area contributed by atoms with Crippen molar-refractivity contribution in [1.82, 2.24) is 10.2 Å². The molecule has 1 N–H and O–H groups in total. The summed E-state index contributed by atoms with van der Waals surface area (Å²) in [6.45, 7) is 4.93. The number of nitrogens with zero attached hydrogens (tertiary/aromatic N) is 1. The highest BCUT2D eigenvalue weighted by Gasteiger charge is 2.24. The molecule has 0 radical (unpaired) electrons. The topological polar surface area (TPSA) is 24.5 Å². The van der Waals surface area contributed by atoms with Crippen molar-refractivity contribution in [3.63, 3.8) is 0 Å². The second kappa shape index (κ2) is 7.82. The van der Waals surface area contributed by atoms with Gasteiger partial charge in [0.1, 0.15) is 12.4 Å². The van der Waals surface area contributed by atoms with Gasteiger partial charge >= 0.3 is 0 Å². The van der Waals surface area contributed by atoms with E-state index in [9.17, 15) is 0 Å². The van der Waals surface area contributed by atoms with Crippen LogP contribution in [0, 0.1) is 0 Å². The Morgan fingerprint density at radius 3 is 2.75 bits per heavy atom. The number of nitrogens with one attached hydrogen (secondary N) is 1. The number of rotatable bonds is 6. The van der Waals surface area contributed by atoms with E-state index in [1.165, 1.54) is 22.3 Å². The van der Waals surface area contributed by atoms with E-state index in [2.05, 4.69) is 73.7 Å². The van der Waals surface area contributed by atoms with Crippen LogP contribution in [0.2, 0.25) is 0 Å². The molecule has 24 heavy (non-hydrogen) atoms. The van der Waals surface area contributed by atoms with Crippen molar-refractivity contribution in [2.24, 2.45) is 0 Å². The Morgan fingerprint density at radius 2 is 1.96 bits per heavy atom. The summed E-state index contributed by atoms with van der Waals surface area (Å²) in [5.74, 6) is 1.01. The summed E-state index contributed by atoms with van der Waals surface area (Å²) in [6, 6.07) is 15.5. The number of benzene rings is 2. The maximum atomic E-state index is 6.10. The third kappa shape index (κ3) is 3.80. The summed E-state index contributed by atoms with van der Waals surface area (Å²) in [6.07, 6.45) is 2.18. The van der Waals surface area contributed by atoms with E-state index < -0.39 is 0 Å². The first-order valence-corrected chi connectivity index (χ1v) is 8.90. The minimum atomic E-state index is 0.201. The van der Waals surface area contributed by atoms with Crippen LogP contribution in [0.15, 0.2) is 42.5 Å². The number of ether oxygens (including phenoxy) is 1. The molecule has 1 aliphatic heterocycles. The summed E-state index contributed by atoms with van der Waals surface area (Å²) in [5, 5.41) is 3.77. The summed E-state index contributed by atoms with van der Waals surface area (Å²) in [7, 11) is 4.25. The zero-order chi connectivity index (χ0) is 16.9. The van der Waals surface area contributed by atoms with E-state index in [0.717, 1.165) is 31.7 Å². The molecule has 128 valence electrons. The number of aryl methyl sites for hydroxylation is 1. The van der Waals surface area contributed by atoms with Gasteiger partial charge in [-0.25, -0.2) is 0 Å². The lowest BCUT2D eigenvalue weighted by atomic mass is 9.93. The van der Waals surface area contributed by atoms with Crippen LogP contribution >= 0.6 is 0 Å². The normalized spacial score (nSPS) is 16.2. The molecule has 2 aromatic carbocycles. The Hall–Kier alpha value is -1.84. The number of fused-ring (bicyclic) bond motifs is 2. The van der Waals surface area contributed by atoms with Crippen molar-refractivity contribution in [2.45, 2.75) is 32.4 Å². The highest BCUT2D eigenvalue weighted by atomic mass is 16.5. The molecule has 0 bridgehead atoms. The molecule has 1 atom stereocenters. The summed E-state index contributed by atoms with van der Waals surface area (Å²) < 4.78 is 6.10. The Balaban J connectivity index is 1.91. The molecule has 3 nitrogen and oxygen atoms in total. The minimum Gasteiger partial charge on any atom is -0.489 e. The van der Waals surface area contributed by atoms with Gasteiger partial charge in [0.25, 0.3) is 0 Å². The fraction of sp³-hybridized carbons (Fsp3) is 0.429. The first-order chi connectivity index (χ1) is 11.7. The van der Waals surface area contributed by atoms with E-state index in [1.807, 2.05) is 0 Å². The zero-order valence-corrected chi connectivity index (χ0v) is 15.0. The first kappa shape index (κ1) is 17.0. The highest BCUT2D eigenvalue weighted by Crippen LogP contribution is 2.36. The zero-order valence-electron chi connectivity index (χ0n) is 15.0. The van der Waals surface area contributed by atoms with Gasteiger partial charge in [0, 0.05) is 5.56 Å². The lowest BCUT2D eigenvalue weighted by molar-refractivity contribution is 0.306. The molecular formula is C21H28N2O. The molecule has 0 saturated heterocycles. The Bertz CT molecular complexity index is 681. The van der Waals surface area contributed by atoms with Crippen LogP contribution in [0.4, 0.5) is 0 Å². The molecule has 3 heteroatoms. The van der Waals surface area contributed by atoms with E-state index in [4.69, 9.17) is 4.74 Å². The highest BCUT2D eigenvalue weighted by molar-refractivity contribution is 5.48. The standard InChI is InChI=1S/C21H28N2O/c1-4-16-10-11-20-19(14-16)21(22-12-7-13-23(2)3)18-9-6-5-8-17(18)15-24-20/h5-6,8-11,14,21-22H,4,7,12-13,15H2,1-3H3. The molecule has 3 rings (SSSR count). The van der Waals surface area contributed by atoms with E-state index in [1.54, 1.807) is 0 Å². The lowest BCUT2D eigenvalue weighted by Crippen LogP contribution is -2.26. The monoisotopic (exact) mass is 324 g/mol. The molecule has 2 aromatic rings. The first-order valence-electron chi connectivity index (χ1n) is 8.90. The van der Waals surface area contributed by atoms with Crippen LogP contribution in [0.5, 0.6) is 5.75 Å². The van der Waals surface area contributed by atoms with Gasteiger partial charge in [-0.3, -0.25) is 0 Å². The van der Waals surface area contributed by atoms with Gasteiger partial charge in [0.15, 0.2) is 0 Å². The van der Waals surface area contributed by atoms with Crippen molar-refractivity contribution in [1.29, 1.82) is 0 Å². The van der Waals surface area contributed by atoms with Crippen LogP contribution in [0.1, 0.15) is 41.6 Å². The molecule has 0 fully saturated rings. The average molecular weight is 324 g/mol. The van der Waals surface area contributed by atoms with Crippen molar-refractivity contribution in [2.75, 3.05) is 27.2 Å². The van der Waals surface area contributed by atoms with Gasteiger partial charge in [0.05, 0.1) is 6.04 Å². The molecule has 0 spiro atoms. The lowest BCUT2D eigenvalue weighted by Gasteiger charge is -2.22. The maximum absolute atomic E-state index is 6.10. The van der Waals surface area contributed by atoms with E-state index in [-0.39, 0.29) is 6.04 Å². The molecular weight excluding hydrogens is 296 g/mol. The second-order valence-corrected chi connectivity index (χ2v) is 6.76. The summed E-state index contributed by atoms with van der Waals surface area (Å²) in [5.41, 5.74) is 5.24. The molecule has 0 amide bonds. The van der Waals surface area contributed by atoms with Crippen LogP contribution in [0.25, 0.3) is 0 Å². The number of hydrogen-bond acceptors (Lipinski definition) is 3. The summed E-state index contributed by atoms with van der Waals surface area (Å²) in [4.78, 5) is 2.23. The smallest absolute Gasteiger partial charge is 0.124 e. The third-order valence-corrected chi connectivity index (χ3v) is 4.67. The van der Waals surface area contributed by atoms with Crippen molar-refractivity contribution < 1.29 is 4.74 Å². The summed E-state index contributed by atoms with van der Waals surface area (Å²) >= 11 is 0.